The number of benzene rings is 2. The van der Waals surface area contributed by atoms with Crippen molar-refractivity contribution in [3.8, 4) is 17.2 Å². The van der Waals surface area contributed by atoms with Gasteiger partial charge in [-0.3, -0.25) is 4.79 Å². The summed E-state index contributed by atoms with van der Waals surface area (Å²) >= 11 is 0. The van der Waals surface area contributed by atoms with E-state index in [-0.39, 0.29) is 24.2 Å². The van der Waals surface area contributed by atoms with Gasteiger partial charge in [0.05, 0.1) is 12.6 Å². The zero-order valence-electron chi connectivity index (χ0n) is 19.0. The molecule has 0 fully saturated rings. The maximum absolute atomic E-state index is 12.7. The fourth-order valence-corrected chi connectivity index (χ4v) is 3.28. The number of carbonyl (C=O) groups excluding carboxylic acids is 1. The van der Waals surface area contributed by atoms with Gasteiger partial charge in [-0.1, -0.05) is 23.4 Å². The summed E-state index contributed by atoms with van der Waals surface area (Å²) in [5.41, 5.74) is 9.33. The van der Waals surface area contributed by atoms with E-state index in [1.165, 1.54) is 4.68 Å². The Hall–Kier alpha value is -4.14. The molecule has 3 N–H and O–H groups in total. The highest BCUT2D eigenvalue weighted by atomic mass is 16.5. The lowest BCUT2D eigenvalue weighted by Crippen LogP contribution is -2.16. The molecule has 0 bridgehead atoms. The van der Waals surface area contributed by atoms with E-state index in [0.717, 1.165) is 16.9 Å². The monoisotopic (exact) mass is 446 g/mol. The van der Waals surface area contributed by atoms with Crippen LogP contribution in [0.3, 0.4) is 0 Å². The van der Waals surface area contributed by atoms with Crippen LogP contribution in [0.5, 0.6) is 5.75 Å². The molecule has 0 unspecified atom stereocenters. The molecule has 170 valence electrons. The van der Waals surface area contributed by atoms with Crippen molar-refractivity contribution in [1.29, 1.82) is 0 Å². The number of ether oxygens (including phenoxy) is 1. The van der Waals surface area contributed by atoms with Crippen molar-refractivity contribution in [3.63, 3.8) is 0 Å². The van der Waals surface area contributed by atoms with Crippen LogP contribution in [0.1, 0.15) is 41.4 Å². The average molecular weight is 447 g/mol. The van der Waals surface area contributed by atoms with Crippen LogP contribution in [0.15, 0.2) is 52.9 Å². The van der Waals surface area contributed by atoms with E-state index in [1.807, 2.05) is 76.2 Å². The molecule has 0 aliphatic rings. The van der Waals surface area contributed by atoms with Crippen LogP contribution in [-0.4, -0.2) is 32.0 Å². The van der Waals surface area contributed by atoms with Gasteiger partial charge in [0.25, 0.3) is 5.91 Å². The number of oxazole rings is 1. The number of rotatable bonds is 7. The van der Waals surface area contributed by atoms with E-state index < -0.39 is 5.91 Å². The maximum atomic E-state index is 12.7. The molecule has 9 nitrogen and oxygen atoms in total. The summed E-state index contributed by atoms with van der Waals surface area (Å²) in [6.45, 7) is 7.91. The van der Waals surface area contributed by atoms with Crippen molar-refractivity contribution in [2.75, 3.05) is 11.1 Å². The van der Waals surface area contributed by atoms with Gasteiger partial charge in [0.1, 0.15) is 17.2 Å². The first kappa shape index (κ1) is 22.1. The van der Waals surface area contributed by atoms with Gasteiger partial charge in [-0.05, 0) is 63.6 Å². The molecular formula is C24H26N6O3. The van der Waals surface area contributed by atoms with Crippen LogP contribution in [0, 0.1) is 13.8 Å². The highest BCUT2D eigenvalue weighted by molar-refractivity contribution is 6.06. The smallest absolute Gasteiger partial charge is 0.280 e. The Kier molecular flexibility index (Phi) is 6.12. The maximum Gasteiger partial charge on any atom is 0.280 e. The molecule has 0 spiro atoms. The third-order valence-corrected chi connectivity index (χ3v) is 5.05. The number of aryl methyl sites for hydroxylation is 2. The lowest BCUT2D eigenvalue weighted by Gasteiger charge is -2.09. The Bertz CT molecular complexity index is 1270. The number of nitrogen functional groups attached to an aromatic ring is 1. The number of nitrogens with zero attached hydrogens (tertiary/aromatic N) is 4. The molecule has 0 radical (unpaired) electrons. The van der Waals surface area contributed by atoms with Gasteiger partial charge in [0.15, 0.2) is 11.5 Å². The third-order valence-electron chi connectivity index (χ3n) is 5.05. The van der Waals surface area contributed by atoms with Gasteiger partial charge in [0, 0.05) is 11.3 Å². The number of amides is 1. The molecule has 2 aromatic carbocycles. The third kappa shape index (κ3) is 4.87. The van der Waals surface area contributed by atoms with Crippen LogP contribution in [0.25, 0.3) is 11.5 Å². The van der Waals surface area contributed by atoms with Gasteiger partial charge in [0.2, 0.25) is 5.89 Å². The zero-order chi connectivity index (χ0) is 23.5. The standard InChI is InChI=1S/C24H26N6O3/c1-14(2)32-18-11-9-17(10-12-18)24-27-20(16(4)33-24)13-30-22(25)21(28-29-30)23(31)26-19-8-6-5-7-15(19)3/h5-12,14H,13,25H2,1-4H3,(H,26,31). The molecule has 0 saturated heterocycles. The molecule has 0 aliphatic carbocycles. The van der Waals surface area contributed by atoms with Crippen LogP contribution in [-0.2, 0) is 6.54 Å². The second-order valence-corrected chi connectivity index (χ2v) is 7.96. The molecule has 0 saturated carbocycles. The summed E-state index contributed by atoms with van der Waals surface area (Å²) in [4.78, 5) is 17.2. The number of hydrogen-bond acceptors (Lipinski definition) is 7. The van der Waals surface area contributed by atoms with E-state index in [4.69, 9.17) is 14.9 Å². The van der Waals surface area contributed by atoms with Crippen molar-refractivity contribution in [2.24, 2.45) is 0 Å². The number of aromatic nitrogens is 4. The van der Waals surface area contributed by atoms with Crippen molar-refractivity contribution in [1.82, 2.24) is 20.0 Å². The number of hydrogen-bond donors (Lipinski definition) is 2. The largest absolute Gasteiger partial charge is 0.491 e. The Morgan fingerprint density at radius 1 is 1.15 bits per heavy atom. The number of para-hydroxylation sites is 1. The lowest BCUT2D eigenvalue weighted by atomic mass is 10.2. The number of anilines is 2. The molecule has 9 heteroatoms. The summed E-state index contributed by atoms with van der Waals surface area (Å²) in [6, 6.07) is 15.0. The van der Waals surface area contributed by atoms with Crippen molar-refractivity contribution < 1.29 is 13.9 Å². The summed E-state index contributed by atoms with van der Waals surface area (Å²) in [5, 5.41) is 10.8. The lowest BCUT2D eigenvalue weighted by molar-refractivity contribution is 0.102. The number of nitrogens with one attached hydrogen (secondary N) is 1. The molecule has 4 aromatic rings. The quantitative estimate of drug-likeness (QED) is 0.436. The van der Waals surface area contributed by atoms with Gasteiger partial charge >= 0.3 is 0 Å². The highest BCUT2D eigenvalue weighted by Gasteiger charge is 2.20. The van der Waals surface area contributed by atoms with Gasteiger partial charge in [-0.25, -0.2) is 9.67 Å². The van der Waals surface area contributed by atoms with Gasteiger partial charge in [-0.15, -0.1) is 5.10 Å². The Balaban J connectivity index is 1.50. The summed E-state index contributed by atoms with van der Waals surface area (Å²) < 4.78 is 13.0. The topological polar surface area (TPSA) is 121 Å². The summed E-state index contributed by atoms with van der Waals surface area (Å²) in [5.74, 6) is 1.63. The molecule has 2 aromatic heterocycles. The molecule has 0 aliphatic heterocycles. The first-order valence-corrected chi connectivity index (χ1v) is 10.6. The van der Waals surface area contributed by atoms with E-state index in [0.29, 0.717) is 23.0 Å². The molecular weight excluding hydrogens is 420 g/mol. The summed E-state index contributed by atoms with van der Waals surface area (Å²) in [6.07, 6.45) is 0.100. The fourth-order valence-electron chi connectivity index (χ4n) is 3.28. The summed E-state index contributed by atoms with van der Waals surface area (Å²) in [7, 11) is 0. The van der Waals surface area contributed by atoms with E-state index >= 15 is 0 Å². The van der Waals surface area contributed by atoms with Gasteiger partial charge in [-0.2, -0.15) is 0 Å². The predicted molar refractivity (Wildman–Crippen MR) is 125 cm³/mol. The molecule has 0 atom stereocenters. The Morgan fingerprint density at radius 3 is 2.58 bits per heavy atom. The fraction of sp³-hybridized carbons (Fsp3) is 0.250. The number of nitrogens with two attached hydrogens (primary N) is 1. The SMILES string of the molecule is Cc1ccccc1NC(=O)c1nnn(Cc2nc(-c3ccc(OC(C)C)cc3)oc2C)c1N. The van der Waals surface area contributed by atoms with Crippen molar-refractivity contribution >= 4 is 17.4 Å². The average Bonchev–Trinajstić information content (AvgIpc) is 3.33. The van der Waals surface area contributed by atoms with E-state index in [9.17, 15) is 4.79 Å². The van der Waals surface area contributed by atoms with Crippen molar-refractivity contribution in [3.05, 3.63) is 71.2 Å². The minimum absolute atomic E-state index is 0.0559. The van der Waals surface area contributed by atoms with Crippen molar-refractivity contribution in [2.45, 2.75) is 40.3 Å². The first-order valence-electron chi connectivity index (χ1n) is 10.6. The van der Waals surface area contributed by atoms with Gasteiger partial charge < -0.3 is 20.2 Å². The molecule has 33 heavy (non-hydrogen) atoms. The van der Waals surface area contributed by atoms with Crippen LogP contribution in [0.4, 0.5) is 11.5 Å². The van der Waals surface area contributed by atoms with Crippen LogP contribution in [0.2, 0.25) is 0 Å². The normalized spacial score (nSPS) is 11.1. The zero-order valence-corrected chi connectivity index (χ0v) is 19.0. The van der Waals surface area contributed by atoms with Crippen LogP contribution >= 0.6 is 0 Å². The Morgan fingerprint density at radius 2 is 1.88 bits per heavy atom. The minimum atomic E-state index is -0.422. The second kappa shape index (κ2) is 9.15. The number of carbonyl (C=O) groups is 1. The highest BCUT2D eigenvalue weighted by Crippen LogP contribution is 2.25. The molecule has 1 amide bonds. The van der Waals surface area contributed by atoms with Crippen LogP contribution < -0.4 is 15.8 Å². The predicted octanol–water partition coefficient (Wildman–Crippen LogP) is 4.22. The Labute approximate surface area is 191 Å². The first-order chi connectivity index (χ1) is 15.8. The second-order valence-electron chi connectivity index (χ2n) is 7.96. The molecule has 4 rings (SSSR count). The minimum Gasteiger partial charge on any atom is -0.491 e. The van der Waals surface area contributed by atoms with E-state index in [1.54, 1.807) is 0 Å². The van der Waals surface area contributed by atoms with E-state index in [2.05, 4.69) is 20.6 Å². The molecule has 2 heterocycles.